The van der Waals surface area contributed by atoms with Crippen molar-refractivity contribution in [3.05, 3.63) is 117 Å². The summed E-state index contributed by atoms with van der Waals surface area (Å²) >= 11 is 6.32. The van der Waals surface area contributed by atoms with Crippen LogP contribution in [0.15, 0.2) is 83.9 Å². The van der Waals surface area contributed by atoms with Gasteiger partial charge in [-0.05, 0) is 76.9 Å². The largest absolute Gasteiger partial charge is 0.456 e. The molecule has 1 fully saturated rings. The van der Waals surface area contributed by atoms with Gasteiger partial charge in [-0.3, -0.25) is 28.4 Å². The summed E-state index contributed by atoms with van der Waals surface area (Å²) in [4.78, 5) is 67.5. The number of ether oxygens (including phenoxy) is 1. The molecule has 15 heteroatoms. The number of nitrogens with zero attached hydrogens (tertiary/aromatic N) is 8. The first kappa shape index (κ1) is 29.8. The highest BCUT2D eigenvalue weighted by Crippen LogP contribution is 2.59. The van der Waals surface area contributed by atoms with Crippen molar-refractivity contribution in [1.82, 2.24) is 34.6 Å². The predicted molar refractivity (Wildman–Crippen MR) is 177 cm³/mol. The van der Waals surface area contributed by atoms with Crippen LogP contribution in [0.1, 0.15) is 55.1 Å². The van der Waals surface area contributed by atoms with Crippen molar-refractivity contribution in [2.75, 3.05) is 11.5 Å². The summed E-state index contributed by atoms with van der Waals surface area (Å²) in [5, 5.41) is 16.8. The van der Waals surface area contributed by atoms with Crippen molar-refractivity contribution in [1.29, 1.82) is 0 Å². The zero-order valence-electron chi connectivity index (χ0n) is 26.1. The van der Waals surface area contributed by atoms with Gasteiger partial charge in [0.1, 0.15) is 12.4 Å². The molecule has 0 N–H and O–H groups in total. The Morgan fingerprint density at radius 3 is 2.46 bits per heavy atom. The Hall–Kier alpha value is -6.28. The maximum atomic E-state index is 13.5. The average molecular weight is 687 g/mol. The molecule has 3 aromatic carbocycles. The van der Waals surface area contributed by atoms with Crippen LogP contribution in [0.25, 0.3) is 27.7 Å². The summed E-state index contributed by atoms with van der Waals surface area (Å²) in [7, 11) is 1.64. The second-order valence-electron chi connectivity index (χ2n) is 12.4. The van der Waals surface area contributed by atoms with E-state index < -0.39 is 36.2 Å². The molecule has 5 heterocycles. The lowest BCUT2D eigenvalue weighted by atomic mass is 10.0. The molecule has 0 bridgehead atoms. The van der Waals surface area contributed by atoms with Crippen LogP contribution in [0, 0.1) is 5.92 Å². The number of aromatic nitrogens is 7. The quantitative estimate of drug-likeness (QED) is 0.137. The number of fused-ring (bicyclic) bond motifs is 5. The van der Waals surface area contributed by atoms with Crippen LogP contribution >= 0.6 is 11.6 Å². The summed E-state index contributed by atoms with van der Waals surface area (Å²) < 4.78 is 9.95. The van der Waals surface area contributed by atoms with Crippen LogP contribution in [0.4, 0.5) is 5.82 Å². The van der Waals surface area contributed by atoms with Crippen LogP contribution in [-0.2, 0) is 16.6 Å². The number of Topliss-reactive ketones (excluding diaryl/α,β-unsaturated/α-hetero) is 1. The van der Waals surface area contributed by atoms with E-state index in [1.807, 2.05) is 6.07 Å². The van der Waals surface area contributed by atoms with Crippen molar-refractivity contribution in [3.8, 4) is 16.8 Å². The molecule has 246 valence electrons. The smallest absolute Gasteiger partial charge is 0.330 e. The number of tetrazole rings is 1. The Morgan fingerprint density at radius 1 is 0.940 bits per heavy atom. The van der Waals surface area contributed by atoms with E-state index in [0.29, 0.717) is 56.0 Å². The maximum absolute atomic E-state index is 13.5. The summed E-state index contributed by atoms with van der Waals surface area (Å²) in [5.74, 6) is -2.04. The van der Waals surface area contributed by atoms with Gasteiger partial charge in [0.15, 0.2) is 18.2 Å². The SMILES string of the molecule is Cn1nc(N2C(=O)c3ccccc3C2=O)c2ccc(C(=O)COC(=O)[C@@H]3[C@H]4C[C@H]4c4cc(-c5cc(Cl)ccc5-n5cnnn5)cc(=O)n43)cc21. The van der Waals surface area contributed by atoms with E-state index in [4.69, 9.17) is 16.3 Å². The van der Waals surface area contributed by atoms with E-state index in [0.717, 1.165) is 4.90 Å². The van der Waals surface area contributed by atoms with Crippen molar-refractivity contribution < 1.29 is 23.9 Å². The highest BCUT2D eigenvalue weighted by Gasteiger charge is 2.56. The number of esters is 1. The van der Waals surface area contributed by atoms with Gasteiger partial charge in [0, 0.05) is 46.3 Å². The van der Waals surface area contributed by atoms with Gasteiger partial charge in [0.25, 0.3) is 17.4 Å². The lowest BCUT2D eigenvalue weighted by molar-refractivity contribution is -0.147. The number of imide groups is 1. The molecule has 0 radical (unpaired) electrons. The van der Waals surface area contributed by atoms with Gasteiger partial charge in [-0.15, -0.1) is 5.10 Å². The standard InChI is InChI=1S/C35H23ClN8O6/c1-41-27-10-17(6-8-22(27)32(38-41)44-33(47)20-4-2-3-5-21(20)34(44)48)29(45)15-50-35(49)31-25-14-24(25)28-11-18(12-30(46)43(28)31)23-13-19(36)7-9-26(23)42-16-37-39-40-42/h2-13,16,24-25,31H,14-15H2,1H3/t24-,25+,31+/m1/s1. The first-order valence-corrected chi connectivity index (χ1v) is 16.0. The fourth-order valence-corrected chi connectivity index (χ4v) is 7.36. The molecule has 50 heavy (non-hydrogen) atoms. The summed E-state index contributed by atoms with van der Waals surface area (Å²) in [6, 6.07) is 19.0. The third-order valence-corrected chi connectivity index (χ3v) is 9.85. The maximum Gasteiger partial charge on any atom is 0.330 e. The molecule has 3 atom stereocenters. The Bertz CT molecular complexity index is 2510. The Labute approximate surface area is 286 Å². The van der Waals surface area contributed by atoms with Gasteiger partial charge >= 0.3 is 5.97 Å². The minimum absolute atomic E-state index is 0.00446. The molecule has 0 spiro atoms. The van der Waals surface area contributed by atoms with Gasteiger partial charge in [-0.2, -0.15) is 9.78 Å². The zero-order chi connectivity index (χ0) is 34.4. The van der Waals surface area contributed by atoms with E-state index in [-0.39, 0.29) is 28.8 Å². The molecule has 9 rings (SSSR count). The second-order valence-corrected chi connectivity index (χ2v) is 12.9. The Kier molecular flexibility index (Phi) is 6.48. The van der Waals surface area contributed by atoms with E-state index in [2.05, 4.69) is 20.6 Å². The minimum atomic E-state index is -0.857. The lowest BCUT2D eigenvalue weighted by Gasteiger charge is -2.18. The first-order valence-electron chi connectivity index (χ1n) is 15.6. The average Bonchev–Trinajstić information content (AvgIpc) is 3.37. The van der Waals surface area contributed by atoms with Crippen LogP contribution in [-0.4, -0.2) is 64.7 Å². The molecular weight excluding hydrogens is 664 g/mol. The summed E-state index contributed by atoms with van der Waals surface area (Å²) in [5.41, 5.74) is 3.58. The predicted octanol–water partition coefficient (Wildman–Crippen LogP) is 3.92. The monoisotopic (exact) mass is 686 g/mol. The minimum Gasteiger partial charge on any atom is -0.456 e. The molecule has 6 aromatic rings. The molecular formula is C35H23ClN8O6. The number of halogens is 1. The molecule has 14 nitrogen and oxygen atoms in total. The van der Waals surface area contributed by atoms with Gasteiger partial charge in [-0.1, -0.05) is 29.8 Å². The highest BCUT2D eigenvalue weighted by atomic mass is 35.5. The number of pyridine rings is 1. The zero-order valence-corrected chi connectivity index (χ0v) is 26.8. The highest BCUT2D eigenvalue weighted by molar-refractivity contribution is 6.35. The molecule has 2 aliphatic heterocycles. The molecule has 3 aromatic heterocycles. The molecule has 3 aliphatic rings. The van der Waals surface area contributed by atoms with E-state index in [9.17, 15) is 24.0 Å². The number of hydrogen-bond acceptors (Lipinski definition) is 10. The van der Waals surface area contributed by atoms with E-state index in [1.54, 1.807) is 61.6 Å². The van der Waals surface area contributed by atoms with Crippen LogP contribution in [0.3, 0.4) is 0 Å². The van der Waals surface area contributed by atoms with Crippen molar-refractivity contribution in [2.45, 2.75) is 18.4 Å². The fraction of sp³-hybridized carbons (Fsp3) is 0.171. The molecule has 1 aliphatic carbocycles. The Morgan fingerprint density at radius 2 is 1.72 bits per heavy atom. The number of hydrogen-bond donors (Lipinski definition) is 0. The third-order valence-electron chi connectivity index (χ3n) is 9.61. The molecule has 2 amide bonds. The van der Waals surface area contributed by atoms with Crippen molar-refractivity contribution in [3.63, 3.8) is 0 Å². The number of benzene rings is 3. The second kappa shape index (κ2) is 10.9. The van der Waals surface area contributed by atoms with Crippen molar-refractivity contribution in [2.24, 2.45) is 13.0 Å². The van der Waals surface area contributed by atoms with E-state index >= 15 is 0 Å². The van der Waals surface area contributed by atoms with Crippen LogP contribution < -0.4 is 10.5 Å². The number of anilines is 1. The number of ketones is 1. The third kappa shape index (κ3) is 4.45. The summed E-state index contributed by atoms with van der Waals surface area (Å²) in [6.07, 6.45) is 2.15. The fourth-order valence-electron chi connectivity index (χ4n) is 7.19. The molecule has 0 saturated heterocycles. The summed E-state index contributed by atoms with van der Waals surface area (Å²) in [6.45, 7) is -0.540. The number of aryl methyl sites for hydroxylation is 1. The van der Waals surface area contributed by atoms with E-state index in [1.165, 1.54) is 32.4 Å². The van der Waals surface area contributed by atoms with Crippen LogP contribution in [0.2, 0.25) is 5.02 Å². The first-order chi connectivity index (χ1) is 24.2. The lowest BCUT2D eigenvalue weighted by Crippen LogP contribution is -2.32. The van der Waals surface area contributed by atoms with Gasteiger partial charge in [0.05, 0.1) is 22.3 Å². The van der Waals surface area contributed by atoms with Crippen LogP contribution in [0.5, 0.6) is 0 Å². The number of rotatable bonds is 7. The molecule has 0 unspecified atom stereocenters. The van der Waals surface area contributed by atoms with Gasteiger partial charge < -0.3 is 4.74 Å². The number of carbonyl (C=O) groups is 4. The normalized spacial score (nSPS) is 18.7. The number of amides is 2. The topological polar surface area (TPSA) is 164 Å². The van der Waals surface area contributed by atoms with Gasteiger partial charge in [0.2, 0.25) is 0 Å². The molecule has 1 saturated carbocycles. The van der Waals surface area contributed by atoms with Crippen molar-refractivity contribution >= 4 is 51.9 Å². The Balaban J connectivity index is 0.946. The van der Waals surface area contributed by atoms with Gasteiger partial charge in [-0.25, -0.2) is 9.69 Å². The number of carbonyl (C=O) groups excluding carboxylic acids is 4.